The van der Waals surface area contributed by atoms with Gasteiger partial charge in [0.05, 0.1) is 30.7 Å². The van der Waals surface area contributed by atoms with Crippen LogP contribution in [0.2, 0.25) is 20.1 Å². The summed E-state index contributed by atoms with van der Waals surface area (Å²) >= 11 is 26.1. The zero-order valence-corrected chi connectivity index (χ0v) is 22.0. The molecule has 10 heteroatoms. The number of carbonyl (C=O) groups excluding carboxylic acids is 1. The fourth-order valence-corrected chi connectivity index (χ4v) is 5.23. The van der Waals surface area contributed by atoms with Crippen LogP contribution < -0.4 is 4.74 Å². The zero-order chi connectivity index (χ0) is 25.1. The van der Waals surface area contributed by atoms with E-state index in [0.717, 1.165) is 5.56 Å². The van der Waals surface area contributed by atoms with Crippen LogP contribution in [0.4, 0.5) is 10.1 Å². The summed E-state index contributed by atoms with van der Waals surface area (Å²) in [5.74, 6) is -0.221. The summed E-state index contributed by atoms with van der Waals surface area (Å²) < 4.78 is 19.0. The van der Waals surface area contributed by atoms with E-state index >= 15 is 0 Å². The van der Waals surface area contributed by atoms with Crippen molar-refractivity contribution in [1.29, 1.82) is 0 Å². The van der Waals surface area contributed by atoms with E-state index in [2.05, 4.69) is 4.99 Å². The highest BCUT2D eigenvalue weighted by Crippen LogP contribution is 2.38. The molecule has 0 spiro atoms. The number of thioether (sulfide) groups is 1. The van der Waals surface area contributed by atoms with Gasteiger partial charge in [-0.25, -0.2) is 9.38 Å². The standard InChI is InChI=1S/C25H17Cl4FN2O2S/c1-2-32-24(33)22(35-25(32)31-17-6-4-16(30)5-7-17)12-15-10-20(28)23(21(29)11-15)34-13-14-3-8-18(26)19(27)9-14/h3-12H,2,13H2,1H3/b22-12+,31-25?. The number of rotatable bonds is 6. The maximum atomic E-state index is 13.2. The number of carbonyl (C=O) groups is 1. The van der Waals surface area contributed by atoms with Gasteiger partial charge in [-0.3, -0.25) is 9.69 Å². The molecule has 4 rings (SSSR count). The molecule has 0 saturated carbocycles. The quantitative estimate of drug-likeness (QED) is 0.279. The number of amides is 1. The Labute approximate surface area is 226 Å². The molecule has 3 aromatic carbocycles. The van der Waals surface area contributed by atoms with Crippen LogP contribution >= 0.6 is 58.2 Å². The number of amidine groups is 1. The third kappa shape index (κ3) is 6.13. The average molecular weight is 570 g/mol. The lowest BCUT2D eigenvalue weighted by atomic mass is 10.2. The summed E-state index contributed by atoms with van der Waals surface area (Å²) in [5, 5.41) is 1.98. The number of halogens is 5. The molecule has 3 aromatic rings. The van der Waals surface area contributed by atoms with Crippen LogP contribution in [0.5, 0.6) is 5.75 Å². The number of ether oxygens (including phenoxy) is 1. The number of hydrogen-bond donors (Lipinski definition) is 0. The summed E-state index contributed by atoms with van der Waals surface area (Å²) in [7, 11) is 0. The van der Waals surface area contributed by atoms with Gasteiger partial charge in [0.15, 0.2) is 10.9 Å². The molecule has 1 saturated heterocycles. The van der Waals surface area contributed by atoms with Crippen LogP contribution in [0.3, 0.4) is 0 Å². The SMILES string of the molecule is CCN1C(=O)/C(=C\c2cc(Cl)c(OCc3ccc(Cl)c(Cl)c3)c(Cl)c2)SC1=Nc1ccc(F)cc1. The normalized spacial score (nSPS) is 15.9. The first-order chi connectivity index (χ1) is 16.7. The fraction of sp³-hybridized carbons (Fsp3) is 0.120. The van der Waals surface area contributed by atoms with E-state index in [0.29, 0.717) is 53.7 Å². The largest absolute Gasteiger partial charge is 0.486 e. The number of hydrogen-bond acceptors (Lipinski definition) is 4. The molecule has 35 heavy (non-hydrogen) atoms. The van der Waals surface area contributed by atoms with Crippen LogP contribution in [0.1, 0.15) is 18.1 Å². The molecule has 4 nitrogen and oxygen atoms in total. The number of nitrogens with zero attached hydrogens (tertiary/aromatic N) is 2. The van der Waals surface area contributed by atoms with Gasteiger partial charge in [0.1, 0.15) is 12.4 Å². The van der Waals surface area contributed by atoms with E-state index < -0.39 is 0 Å². The molecule has 0 aliphatic carbocycles. The number of aliphatic imine (C=N–C) groups is 1. The van der Waals surface area contributed by atoms with Crippen molar-refractivity contribution in [3.63, 3.8) is 0 Å². The van der Waals surface area contributed by atoms with Crippen molar-refractivity contribution in [3.8, 4) is 5.75 Å². The lowest BCUT2D eigenvalue weighted by Crippen LogP contribution is -2.28. The molecule has 0 bridgehead atoms. The zero-order valence-electron chi connectivity index (χ0n) is 18.2. The first kappa shape index (κ1) is 25.9. The second-order valence-electron chi connectivity index (χ2n) is 7.38. The minimum absolute atomic E-state index is 0.189. The molecule has 180 valence electrons. The average Bonchev–Trinajstić information content (AvgIpc) is 3.10. The molecule has 1 fully saturated rings. The van der Waals surface area contributed by atoms with Gasteiger partial charge >= 0.3 is 0 Å². The highest BCUT2D eigenvalue weighted by atomic mass is 35.5. The second-order valence-corrected chi connectivity index (χ2v) is 10.0. The summed E-state index contributed by atoms with van der Waals surface area (Å²) in [6.45, 7) is 2.49. The smallest absolute Gasteiger partial charge is 0.266 e. The molecule has 0 unspecified atom stereocenters. The third-order valence-corrected chi connectivity index (χ3v) is 7.25. The summed E-state index contributed by atoms with van der Waals surface area (Å²) in [6, 6.07) is 14.3. The fourth-order valence-electron chi connectivity index (χ4n) is 3.23. The van der Waals surface area contributed by atoms with Gasteiger partial charge in [-0.15, -0.1) is 0 Å². The highest BCUT2D eigenvalue weighted by molar-refractivity contribution is 8.18. The van der Waals surface area contributed by atoms with E-state index in [9.17, 15) is 9.18 Å². The molecule has 0 aromatic heterocycles. The van der Waals surface area contributed by atoms with Crippen LogP contribution in [0.15, 0.2) is 64.5 Å². The van der Waals surface area contributed by atoms with E-state index in [-0.39, 0.29) is 18.3 Å². The maximum Gasteiger partial charge on any atom is 0.266 e. The molecular weight excluding hydrogens is 553 g/mol. The second kappa shape index (κ2) is 11.2. The minimum atomic E-state index is -0.352. The topological polar surface area (TPSA) is 41.9 Å². The molecule has 1 heterocycles. The molecular formula is C25H17Cl4FN2O2S. The van der Waals surface area contributed by atoms with E-state index in [1.807, 2.05) is 6.92 Å². The van der Waals surface area contributed by atoms with Crippen LogP contribution in [-0.4, -0.2) is 22.5 Å². The van der Waals surface area contributed by atoms with E-state index in [1.54, 1.807) is 53.4 Å². The molecule has 0 atom stereocenters. The van der Waals surface area contributed by atoms with Gasteiger partial charge in [0, 0.05) is 6.54 Å². The summed E-state index contributed by atoms with van der Waals surface area (Å²) in [6.07, 6.45) is 1.70. The van der Waals surface area contributed by atoms with E-state index in [4.69, 9.17) is 51.1 Å². The predicted octanol–water partition coefficient (Wildman–Crippen LogP) is 8.64. The van der Waals surface area contributed by atoms with Crippen molar-refractivity contribution in [1.82, 2.24) is 4.90 Å². The van der Waals surface area contributed by atoms with Crippen molar-refractivity contribution >= 4 is 81.0 Å². The van der Waals surface area contributed by atoms with Crippen molar-refractivity contribution < 1.29 is 13.9 Å². The Morgan fingerprint density at radius 2 is 1.66 bits per heavy atom. The van der Waals surface area contributed by atoms with Gasteiger partial charge in [-0.1, -0.05) is 52.5 Å². The Kier molecular flexibility index (Phi) is 8.30. The molecule has 0 radical (unpaired) electrons. The van der Waals surface area contributed by atoms with Crippen molar-refractivity contribution in [2.75, 3.05) is 6.54 Å². The first-order valence-corrected chi connectivity index (χ1v) is 12.7. The van der Waals surface area contributed by atoms with E-state index in [1.165, 1.54) is 23.9 Å². The van der Waals surface area contributed by atoms with Crippen LogP contribution in [0, 0.1) is 5.82 Å². The molecule has 1 aliphatic rings. The maximum absolute atomic E-state index is 13.2. The highest BCUT2D eigenvalue weighted by Gasteiger charge is 2.32. The van der Waals surface area contributed by atoms with Crippen molar-refractivity contribution in [3.05, 3.63) is 96.5 Å². The Bertz CT molecular complexity index is 1320. The summed E-state index contributed by atoms with van der Waals surface area (Å²) in [5.41, 5.74) is 1.99. The van der Waals surface area contributed by atoms with Crippen LogP contribution in [0.25, 0.3) is 6.08 Å². The van der Waals surface area contributed by atoms with Gasteiger partial charge in [0.25, 0.3) is 5.91 Å². The van der Waals surface area contributed by atoms with Gasteiger partial charge in [-0.2, -0.15) is 0 Å². The Balaban J connectivity index is 1.55. The lowest BCUT2D eigenvalue weighted by molar-refractivity contribution is -0.122. The Morgan fingerprint density at radius 1 is 0.971 bits per heavy atom. The molecule has 1 aliphatic heterocycles. The Morgan fingerprint density at radius 3 is 2.29 bits per heavy atom. The number of benzene rings is 3. The summed E-state index contributed by atoms with van der Waals surface area (Å²) in [4.78, 5) is 19.4. The Hall–Kier alpha value is -2.22. The van der Waals surface area contributed by atoms with Crippen molar-refractivity contribution in [2.24, 2.45) is 4.99 Å². The van der Waals surface area contributed by atoms with Crippen LogP contribution in [-0.2, 0) is 11.4 Å². The minimum Gasteiger partial charge on any atom is -0.486 e. The van der Waals surface area contributed by atoms with Crippen molar-refractivity contribution in [2.45, 2.75) is 13.5 Å². The number of likely N-dealkylation sites (N-methyl/N-ethyl adjacent to an activating group) is 1. The van der Waals surface area contributed by atoms with Gasteiger partial charge < -0.3 is 4.74 Å². The predicted molar refractivity (Wildman–Crippen MR) is 144 cm³/mol. The lowest BCUT2D eigenvalue weighted by Gasteiger charge is -2.12. The van der Waals surface area contributed by atoms with Gasteiger partial charge in [-0.05, 0) is 84.4 Å². The van der Waals surface area contributed by atoms with Gasteiger partial charge in [0.2, 0.25) is 0 Å². The molecule has 1 amide bonds. The monoisotopic (exact) mass is 568 g/mol. The first-order valence-electron chi connectivity index (χ1n) is 10.4. The third-order valence-electron chi connectivity index (χ3n) is 4.94. The molecule has 0 N–H and O–H groups in total.